The van der Waals surface area contributed by atoms with Gasteiger partial charge < -0.3 is 0 Å². The molecular formula is C5H7BrIN. The zero-order valence-electron chi connectivity index (χ0n) is 4.15. The van der Waals surface area contributed by atoms with E-state index < -0.39 is 0 Å². The third-order valence-electron chi connectivity index (χ3n) is 0.566. The Bertz CT molecular complexity index is 84.4. The van der Waals surface area contributed by atoms with Crippen LogP contribution < -0.4 is 0 Å². The molecule has 0 aliphatic heterocycles. The van der Waals surface area contributed by atoms with E-state index in [-0.39, 0.29) is 41.0 Å². The van der Waals surface area contributed by atoms with Crippen LogP contribution in [-0.4, -0.2) is 4.98 Å². The zero-order chi connectivity index (χ0) is 4.24. The summed E-state index contributed by atoms with van der Waals surface area (Å²) in [6, 6.07) is 5.72. The van der Waals surface area contributed by atoms with Gasteiger partial charge in [0.15, 0.2) is 0 Å². The lowest BCUT2D eigenvalue weighted by molar-refractivity contribution is 1.33. The summed E-state index contributed by atoms with van der Waals surface area (Å²) in [6.45, 7) is 0. The molecule has 1 heterocycles. The molecule has 0 saturated heterocycles. The molecule has 0 amide bonds. The summed E-state index contributed by atoms with van der Waals surface area (Å²) in [7, 11) is 0. The van der Waals surface area contributed by atoms with Crippen LogP contribution in [0.25, 0.3) is 0 Å². The number of aromatic nitrogens is 1. The molecule has 0 fully saturated rings. The molecule has 0 aromatic carbocycles. The van der Waals surface area contributed by atoms with E-state index in [1.54, 1.807) is 12.4 Å². The Labute approximate surface area is 76.3 Å². The summed E-state index contributed by atoms with van der Waals surface area (Å²) >= 11 is 0. The zero-order valence-corrected chi connectivity index (χ0v) is 8.19. The van der Waals surface area contributed by atoms with Crippen LogP contribution in [-0.2, 0) is 0 Å². The largest absolute Gasteiger partial charge is 0.265 e. The first-order chi connectivity index (χ1) is 3.00. The molecule has 0 unspecified atom stereocenters. The van der Waals surface area contributed by atoms with Crippen LogP contribution in [0.15, 0.2) is 30.6 Å². The van der Waals surface area contributed by atoms with Crippen molar-refractivity contribution in [1.29, 1.82) is 0 Å². The van der Waals surface area contributed by atoms with Gasteiger partial charge in [-0.1, -0.05) is 6.07 Å². The first kappa shape index (κ1) is 11.2. The minimum Gasteiger partial charge on any atom is -0.265 e. The molecule has 0 aliphatic rings. The Balaban J connectivity index is 0. The van der Waals surface area contributed by atoms with Crippen LogP contribution >= 0.6 is 41.0 Å². The highest BCUT2D eigenvalue weighted by atomic mass is 127. The van der Waals surface area contributed by atoms with Gasteiger partial charge >= 0.3 is 0 Å². The Morgan fingerprint density at radius 1 is 0.875 bits per heavy atom. The highest BCUT2D eigenvalue weighted by Gasteiger charge is 1.58. The number of rotatable bonds is 0. The smallest absolute Gasteiger partial charge is 0.0267 e. The van der Waals surface area contributed by atoms with Crippen LogP contribution in [0.5, 0.6) is 0 Å². The second kappa shape index (κ2) is 7.36. The highest BCUT2D eigenvalue weighted by molar-refractivity contribution is 14.0. The maximum Gasteiger partial charge on any atom is 0.0267 e. The van der Waals surface area contributed by atoms with Crippen LogP contribution in [0.2, 0.25) is 0 Å². The molecule has 0 radical (unpaired) electrons. The fourth-order valence-electron chi connectivity index (χ4n) is 0.313. The second-order valence-electron chi connectivity index (χ2n) is 1.02. The maximum absolute atomic E-state index is 3.78. The van der Waals surface area contributed by atoms with E-state index in [4.69, 9.17) is 0 Å². The van der Waals surface area contributed by atoms with Crippen LogP contribution in [0.3, 0.4) is 0 Å². The molecule has 1 aromatic heterocycles. The number of nitrogens with zero attached hydrogens (tertiary/aromatic N) is 1. The van der Waals surface area contributed by atoms with Gasteiger partial charge in [0.1, 0.15) is 0 Å². The highest BCUT2D eigenvalue weighted by Crippen LogP contribution is 1.73. The van der Waals surface area contributed by atoms with Gasteiger partial charge in [0.05, 0.1) is 0 Å². The maximum atomic E-state index is 3.78. The summed E-state index contributed by atoms with van der Waals surface area (Å²) in [5.41, 5.74) is 0. The summed E-state index contributed by atoms with van der Waals surface area (Å²) in [4.78, 5) is 3.78. The lowest BCUT2D eigenvalue weighted by Gasteiger charge is -1.70. The molecule has 46 valence electrons. The van der Waals surface area contributed by atoms with Gasteiger partial charge in [0, 0.05) is 12.4 Å². The average Bonchev–Trinajstić information content (AvgIpc) is 1.72. The average molecular weight is 288 g/mol. The molecule has 0 saturated carbocycles. The number of halogens is 2. The summed E-state index contributed by atoms with van der Waals surface area (Å²) in [5, 5.41) is 0. The van der Waals surface area contributed by atoms with Crippen molar-refractivity contribution in [1.82, 2.24) is 4.98 Å². The van der Waals surface area contributed by atoms with Crippen molar-refractivity contribution in [3.63, 3.8) is 0 Å². The number of hydrogen-bond donors (Lipinski definition) is 0. The molecule has 0 aliphatic carbocycles. The molecule has 0 N–H and O–H groups in total. The van der Waals surface area contributed by atoms with Crippen molar-refractivity contribution in [2.75, 3.05) is 0 Å². The Morgan fingerprint density at radius 2 is 1.38 bits per heavy atom. The lowest BCUT2D eigenvalue weighted by atomic mass is 10.5. The van der Waals surface area contributed by atoms with E-state index in [0.717, 1.165) is 0 Å². The van der Waals surface area contributed by atoms with Crippen LogP contribution in [0.1, 0.15) is 0 Å². The second-order valence-corrected chi connectivity index (χ2v) is 1.02. The van der Waals surface area contributed by atoms with Gasteiger partial charge in [-0.25, -0.2) is 0 Å². The van der Waals surface area contributed by atoms with Crippen LogP contribution in [0.4, 0.5) is 0 Å². The SMILES string of the molecule is Br.I.c1ccncc1. The van der Waals surface area contributed by atoms with E-state index in [0.29, 0.717) is 0 Å². The van der Waals surface area contributed by atoms with Gasteiger partial charge in [-0.3, -0.25) is 4.98 Å². The Kier molecular flexibility index (Phi) is 10.3. The third kappa shape index (κ3) is 4.52. The van der Waals surface area contributed by atoms with Gasteiger partial charge in [0.25, 0.3) is 0 Å². The van der Waals surface area contributed by atoms with Gasteiger partial charge in [-0.2, -0.15) is 0 Å². The van der Waals surface area contributed by atoms with Crippen molar-refractivity contribution < 1.29 is 0 Å². The topological polar surface area (TPSA) is 12.9 Å². The van der Waals surface area contributed by atoms with Gasteiger partial charge in [0.2, 0.25) is 0 Å². The van der Waals surface area contributed by atoms with Gasteiger partial charge in [-0.05, 0) is 12.1 Å². The molecule has 1 aromatic rings. The molecule has 0 bridgehead atoms. The van der Waals surface area contributed by atoms with Crippen molar-refractivity contribution in [2.45, 2.75) is 0 Å². The fraction of sp³-hybridized carbons (Fsp3) is 0. The van der Waals surface area contributed by atoms with E-state index >= 15 is 0 Å². The van der Waals surface area contributed by atoms with Crippen molar-refractivity contribution >= 4 is 41.0 Å². The first-order valence-corrected chi connectivity index (χ1v) is 1.85. The first-order valence-electron chi connectivity index (χ1n) is 1.85. The summed E-state index contributed by atoms with van der Waals surface area (Å²) in [5.74, 6) is 0. The predicted octanol–water partition coefficient (Wildman–Crippen LogP) is 2.28. The predicted molar refractivity (Wildman–Crippen MR) is 50.0 cm³/mol. The third-order valence-corrected chi connectivity index (χ3v) is 0.566. The monoisotopic (exact) mass is 287 g/mol. The standard InChI is InChI=1S/C5H5N.BrH.HI/c1-2-4-6-5-3-1;;/h1-5H;2*1H. The molecule has 1 rings (SSSR count). The van der Waals surface area contributed by atoms with E-state index in [9.17, 15) is 0 Å². The summed E-state index contributed by atoms with van der Waals surface area (Å²) in [6.07, 6.45) is 3.50. The molecule has 1 nitrogen and oxygen atoms in total. The molecule has 0 atom stereocenters. The normalized spacial score (nSPS) is 6.00. The lowest BCUT2D eigenvalue weighted by Crippen LogP contribution is -1.58. The van der Waals surface area contributed by atoms with Crippen molar-refractivity contribution in [3.8, 4) is 0 Å². The molecule has 3 heteroatoms. The Hall–Kier alpha value is 0.360. The molecule has 8 heavy (non-hydrogen) atoms. The minimum atomic E-state index is 0. The molecular weight excluding hydrogens is 281 g/mol. The fourth-order valence-corrected chi connectivity index (χ4v) is 0.313. The van der Waals surface area contributed by atoms with E-state index in [1.165, 1.54) is 0 Å². The minimum absolute atomic E-state index is 0. The van der Waals surface area contributed by atoms with E-state index in [1.807, 2.05) is 18.2 Å². The van der Waals surface area contributed by atoms with Crippen LogP contribution in [0, 0.1) is 0 Å². The van der Waals surface area contributed by atoms with E-state index in [2.05, 4.69) is 4.98 Å². The number of hydrogen-bond acceptors (Lipinski definition) is 1. The quantitative estimate of drug-likeness (QED) is 0.667. The van der Waals surface area contributed by atoms with Gasteiger partial charge in [-0.15, -0.1) is 41.0 Å². The number of pyridine rings is 1. The van der Waals surface area contributed by atoms with Crippen molar-refractivity contribution in [2.24, 2.45) is 0 Å². The van der Waals surface area contributed by atoms with Crippen molar-refractivity contribution in [3.05, 3.63) is 30.6 Å². The molecule has 0 spiro atoms. The summed E-state index contributed by atoms with van der Waals surface area (Å²) < 4.78 is 0. The Morgan fingerprint density at radius 3 is 1.50 bits per heavy atom.